The molecule has 112 valence electrons. The Labute approximate surface area is 132 Å². The van der Waals surface area contributed by atoms with Gasteiger partial charge in [-0.15, -0.1) is 0 Å². The Balaban J connectivity index is 1.71. The van der Waals surface area contributed by atoms with E-state index >= 15 is 0 Å². The average Bonchev–Trinajstić information content (AvgIpc) is 2.86. The van der Waals surface area contributed by atoms with Gasteiger partial charge in [0.2, 0.25) is 0 Å². The fourth-order valence-electron chi connectivity index (χ4n) is 2.31. The monoisotopic (exact) mass is 313 g/mol. The van der Waals surface area contributed by atoms with E-state index in [1.54, 1.807) is 17.0 Å². The smallest absolute Gasteiger partial charge is 0.251 e. The van der Waals surface area contributed by atoms with E-state index in [0.29, 0.717) is 23.3 Å². The van der Waals surface area contributed by atoms with Crippen LogP contribution in [0.3, 0.4) is 0 Å². The van der Waals surface area contributed by atoms with E-state index in [1.165, 1.54) is 0 Å². The van der Waals surface area contributed by atoms with E-state index in [4.69, 9.17) is 12.2 Å². The van der Waals surface area contributed by atoms with Gasteiger partial charge in [0.25, 0.3) is 5.91 Å². The molecule has 0 aliphatic carbocycles. The molecule has 0 atom stereocenters. The van der Waals surface area contributed by atoms with Crippen LogP contribution in [-0.4, -0.2) is 32.2 Å². The van der Waals surface area contributed by atoms with Crippen LogP contribution in [0.1, 0.15) is 16.2 Å². The number of aromatic amines is 1. The first-order valence-corrected chi connectivity index (χ1v) is 7.29. The van der Waals surface area contributed by atoms with Crippen molar-refractivity contribution in [3.63, 3.8) is 0 Å². The molecule has 1 aromatic carbocycles. The van der Waals surface area contributed by atoms with Crippen LogP contribution in [0.5, 0.6) is 0 Å². The Bertz CT molecular complexity index is 878. The summed E-state index contributed by atoms with van der Waals surface area (Å²) >= 11 is 5.06. The number of aromatic nitrogens is 4. The number of hydrogen-bond acceptors (Lipinski definition) is 4. The van der Waals surface area contributed by atoms with Crippen LogP contribution >= 0.6 is 12.2 Å². The molecule has 0 spiro atoms. The second kappa shape index (κ2) is 6.07. The summed E-state index contributed by atoms with van der Waals surface area (Å²) in [5.74, 6) is 0.709. The number of rotatable bonds is 4. The lowest BCUT2D eigenvalue weighted by Crippen LogP contribution is -2.26. The molecule has 22 heavy (non-hydrogen) atoms. The van der Waals surface area contributed by atoms with E-state index in [1.807, 2.05) is 31.3 Å². The number of nitrogens with zero attached hydrogens (tertiary/aromatic N) is 3. The maximum absolute atomic E-state index is 12.4. The lowest BCUT2D eigenvalue weighted by atomic mass is 10.1. The molecule has 2 aromatic heterocycles. The van der Waals surface area contributed by atoms with Crippen molar-refractivity contribution in [2.75, 3.05) is 6.54 Å². The SMILES string of the molecule is Cn1c(CCNC(=O)c2cccc3cnccc23)n[nH]c1=S. The number of H-pyrrole nitrogens is 1. The van der Waals surface area contributed by atoms with Gasteiger partial charge in [-0.3, -0.25) is 14.9 Å². The summed E-state index contributed by atoms with van der Waals surface area (Å²) in [5.41, 5.74) is 0.648. The number of amides is 1. The second-order valence-corrected chi connectivity index (χ2v) is 5.30. The van der Waals surface area contributed by atoms with Gasteiger partial charge in [0.1, 0.15) is 5.82 Å². The van der Waals surface area contributed by atoms with Gasteiger partial charge in [-0.2, -0.15) is 5.10 Å². The zero-order valence-corrected chi connectivity index (χ0v) is 12.9. The van der Waals surface area contributed by atoms with Crippen molar-refractivity contribution in [2.45, 2.75) is 6.42 Å². The third kappa shape index (κ3) is 2.75. The predicted molar refractivity (Wildman–Crippen MR) is 86.2 cm³/mol. The summed E-state index contributed by atoms with van der Waals surface area (Å²) in [7, 11) is 1.85. The highest BCUT2D eigenvalue weighted by Gasteiger charge is 2.10. The van der Waals surface area contributed by atoms with Gasteiger partial charge in [0.15, 0.2) is 4.77 Å². The number of hydrogen-bond donors (Lipinski definition) is 2. The number of carbonyl (C=O) groups is 1. The third-order valence-electron chi connectivity index (χ3n) is 3.53. The van der Waals surface area contributed by atoms with Crippen molar-refractivity contribution in [3.05, 3.63) is 52.8 Å². The lowest BCUT2D eigenvalue weighted by Gasteiger charge is -2.07. The highest BCUT2D eigenvalue weighted by molar-refractivity contribution is 7.71. The van der Waals surface area contributed by atoms with Gasteiger partial charge in [-0.1, -0.05) is 12.1 Å². The number of fused-ring (bicyclic) bond motifs is 1. The van der Waals surface area contributed by atoms with E-state index < -0.39 is 0 Å². The highest BCUT2D eigenvalue weighted by atomic mass is 32.1. The topological polar surface area (TPSA) is 75.6 Å². The molecule has 7 heteroatoms. The number of pyridine rings is 1. The van der Waals surface area contributed by atoms with Gasteiger partial charge in [0.05, 0.1) is 0 Å². The Hall–Kier alpha value is -2.54. The number of benzene rings is 1. The van der Waals surface area contributed by atoms with E-state index in [2.05, 4.69) is 20.5 Å². The first-order chi connectivity index (χ1) is 10.7. The molecule has 0 radical (unpaired) electrons. The standard InChI is InChI=1S/C15H15N5OS/c1-20-13(18-19-15(20)22)6-8-17-14(21)12-4-2-3-10-9-16-7-5-11(10)12/h2-5,7,9H,6,8H2,1H3,(H,17,21)(H,19,22). The average molecular weight is 313 g/mol. The molecule has 6 nitrogen and oxygen atoms in total. The van der Waals surface area contributed by atoms with E-state index in [0.717, 1.165) is 16.6 Å². The summed E-state index contributed by atoms with van der Waals surface area (Å²) in [6.45, 7) is 0.494. The second-order valence-electron chi connectivity index (χ2n) is 4.91. The molecule has 1 amide bonds. The van der Waals surface area contributed by atoms with Gasteiger partial charge in [-0.25, -0.2) is 0 Å². The molecule has 0 aliphatic heterocycles. The maximum atomic E-state index is 12.4. The van der Waals surface area contributed by atoms with Crippen LogP contribution < -0.4 is 5.32 Å². The van der Waals surface area contributed by atoms with Gasteiger partial charge in [0, 0.05) is 43.4 Å². The molecule has 0 saturated heterocycles. The van der Waals surface area contributed by atoms with Gasteiger partial charge >= 0.3 is 0 Å². The van der Waals surface area contributed by atoms with Crippen LogP contribution in [0, 0.1) is 4.77 Å². The Morgan fingerprint density at radius 1 is 1.41 bits per heavy atom. The summed E-state index contributed by atoms with van der Waals surface area (Å²) in [4.78, 5) is 16.4. The van der Waals surface area contributed by atoms with Crippen molar-refractivity contribution >= 4 is 28.9 Å². The van der Waals surface area contributed by atoms with Crippen molar-refractivity contribution in [1.82, 2.24) is 25.1 Å². The molecule has 0 saturated carbocycles. The molecule has 0 bridgehead atoms. The first-order valence-electron chi connectivity index (χ1n) is 6.88. The maximum Gasteiger partial charge on any atom is 0.251 e. The minimum Gasteiger partial charge on any atom is -0.352 e. The van der Waals surface area contributed by atoms with Crippen molar-refractivity contribution < 1.29 is 4.79 Å². The molecular weight excluding hydrogens is 298 g/mol. The van der Waals surface area contributed by atoms with Crippen LogP contribution in [0.2, 0.25) is 0 Å². The Morgan fingerprint density at radius 3 is 3.05 bits per heavy atom. The van der Waals surface area contributed by atoms with Crippen LogP contribution in [0.15, 0.2) is 36.7 Å². The zero-order valence-electron chi connectivity index (χ0n) is 12.0. The summed E-state index contributed by atoms with van der Waals surface area (Å²) in [6.07, 6.45) is 4.05. The molecular formula is C15H15N5OS. The van der Waals surface area contributed by atoms with Gasteiger partial charge in [-0.05, 0) is 29.7 Å². The predicted octanol–water partition coefficient (Wildman–Crippen LogP) is 2.00. The van der Waals surface area contributed by atoms with Crippen LogP contribution in [0.25, 0.3) is 10.8 Å². The Morgan fingerprint density at radius 2 is 2.27 bits per heavy atom. The zero-order chi connectivity index (χ0) is 15.5. The van der Waals surface area contributed by atoms with Crippen LogP contribution in [-0.2, 0) is 13.5 Å². The normalized spacial score (nSPS) is 10.8. The largest absolute Gasteiger partial charge is 0.352 e. The fourth-order valence-corrected chi connectivity index (χ4v) is 2.46. The summed E-state index contributed by atoms with van der Waals surface area (Å²) < 4.78 is 2.37. The fraction of sp³-hybridized carbons (Fsp3) is 0.200. The van der Waals surface area contributed by atoms with E-state index in [-0.39, 0.29) is 5.91 Å². The molecule has 3 rings (SSSR count). The lowest BCUT2D eigenvalue weighted by molar-refractivity contribution is 0.0955. The summed E-state index contributed by atoms with van der Waals surface area (Å²) in [6, 6.07) is 7.46. The molecule has 2 N–H and O–H groups in total. The minimum atomic E-state index is -0.103. The molecule has 3 aromatic rings. The third-order valence-corrected chi connectivity index (χ3v) is 3.90. The van der Waals surface area contributed by atoms with Gasteiger partial charge < -0.3 is 9.88 Å². The first kappa shape index (κ1) is 14.4. The quantitative estimate of drug-likeness (QED) is 0.722. The van der Waals surface area contributed by atoms with E-state index in [9.17, 15) is 4.79 Å². The van der Waals surface area contributed by atoms with Crippen LogP contribution in [0.4, 0.5) is 0 Å². The number of nitrogens with one attached hydrogen (secondary N) is 2. The molecule has 0 unspecified atom stereocenters. The van der Waals surface area contributed by atoms with Crippen molar-refractivity contribution in [2.24, 2.45) is 7.05 Å². The van der Waals surface area contributed by atoms with Crippen molar-refractivity contribution in [3.8, 4) is 0 Å². The highest BCUT2D eigenvalue weighted by Crippen LogP contribution is 2.17. The van der Waals surface area contributed by atoms with Crippen molar-refractivity contribution in [1.29, 1.82) is 0 Å². The minimum absolute atomic E-state index is 0.103. The Kier molecular flexibility index (Phi) is 3.97. The number of carbonyl (C=O) groups excluding carboxylic acids is 1. The summed E-state index contributed by atoms with van der Waals surface area (Å²) in [5, 5.41) is 11.6. The molecule has 0 aliphatic rings. The molecule has 0 fully saturated rings. The molecule has 2 heterocycles.